The summed E-state index contributed by atoms with van der Waals surface area (Å²) in [6, 6.07) is 8.04. The molecular formula is C20H24N4. The maximum absolute atomic E-state index is 6.29. The van der Waals surface area contributed by atoms with E-state index < -0.39 is 0 Å². The van der Waals surface area contributed by atoms with Gasteiger partial charge < -0.3 is 16.0 Å². The zero-order valence-electron chi connectivity index (χ0n) is 14.5. The molecule has 1 atom stereocenters. The van der Waals surface area contributed by atoms with Crippen molar-refractivity contribution >= 4 is 16.6 Å². The Morgan fingerprint density at radius 3 is 2.54 bits per heavy atom. The number of nitrogen functional groups attached to an aromatic ring is 1. The normalized spacial score (nSPS) is 12.5. The molecule has 4 nitrogen and oxygen atoms in total. The molecule has 1 unspecified atom stereocenters. The quantitative estimate of drug-likeness (QED) is 0.570. The van der Waals surface area contributed by atoms with E-state index in [1.165, 1.54) is 16.6 Å². The van der Waals surface area contributed by atoms with E-state index in [2.05, 4.69) is 36.2 Å². The molecule has 2 aromatic heterocycles. The molecule has 1 aromatic carbocycles. The van der Waals surface area contributed by atoms with Crippen molar-refractivity contribution in [3.63, 3.8) is 0 Å². The second-order valence-electron chi connectivity index (χ2n) is 6.44. The molecular weight excluding hydrogens is 296 g/mol. The molecule has 3 aromatic rings. The van der Waals surface area contributed by atoms with Crippen LogP contribution in [-0.2, 0) is 13.5 Å². The van der Waals surface area contributed by atoms with Crippen LogP contribution in [0.25, 0.3) is 22.0 Å². The van der Waals surface area contributed by atoms with E-state index in [4.69, 9.17) is 11.5 Å². The van der Waals surface area contributed by atoms with Gasteiger partial charge in [0, 0.05) is 36.6 Å². The molecule has 0 spiro atoms. The first-order chi connectivity index (χ1) is 11.4. The molecule has 4 heteroatoms. The fourth-order valence-corrected chi connectivity index (χ4v) is 3.24. The molecule has 0 bridgehead atoms. The minimum absolute atomic E-state index is 0.0685. The number of benzene rings is 1. The standard InChI is InChI=1S/C20H24N4/c1-12(2)18(22)11-16-13(3)24(4)20-17(21)6-5-15(19(16)20)14-7-9-23-10-8-14/h5-10,18H,1,11,21-22H2,2-4H3. The third-order valence-corrected chi connectivity index (χ3v) is 4.83. The zero-order valence-corrected chi connectivity index (χ0v) is 14.5. The molecule has 124 valence electrons. The number of hydrogen-bond donors (Lipinski definition) is 2. The molecule has 0 saturated heterocycles. The molecule has 0 fully saturated rings. The van der Waals surface area contributed by atoms with Crippen molar-refractivity contribution in [1.82, 2.24) is 9.55 Å². The zero-order chi connectivity index (χ0) is 17.4. The van der Waals surface area contributed by atoms with E-state index >= 15 is 0 Å². The van der Waals surface area contributed by atoms with Gasteiger partial charge in [0.2, 0.25) is 0 Å². The summed E-state index contributed by atoms with van der Waals surface area (Å²) in [5.74, 6) is 0. The summed E-state index contributed by atoms with van der Waals surface area (Å²) >= 11 is 0. The van der Waals surface area contributed by atoms with Gasteiger partial charge in [-0.25, -0.2) is 0 Å². The Balaban J connectivity index is 2.33. The topological polar surface area (TPSA) is 69.9 Å². The number of pyridine rings is 1. The molecule has 3 rings (SSSR count). The summed E-state index contributed by atoms with van der Waals surface area (Å²) in [4.78, 5) is 4.12. The second kappa shape index (κ2) is 6.13. The lowest BCUT2D eigenvalue weighted by atomic mass is 9.94. The number of nitrogens with two attached hydrogens (primary N) is 2. The third-order valence-electron chi connectivity index (χ3n) is 4.83. The van der Waals surface area contributed by atoms with Crippen LogP contribution in [0.15, 0.2) is 48.8 Å². The number of hydrogen-bond acceptors (Lipinski definition) is 3. The summed E-state index contributed by atoms with van der Waals surface area (Å²) in [5.41, 5.74) is 20.1. The first-order valence-electron chi connectivity index (χ1n) is 8.09. The first-order valence-corrected chi connectivity index (χ1v) is 8.09. The van der Waals surface area contributed by atoms with Gasteiger partial charge in [-0.1, -0.05) is 18.2 Å². The highest BCUT2D eigenvalue weighted by molar-refractivity contribution is 6.04. The molecule has 4 N–H and O–H groups in total. The molecule has 2 heterocycles. The van der Waals surface area contributed by atoms with E-state index in [1.807, 2.05) is 37.5 Å². The predicted octanol–water partition coefficient (Wildman–Crippen LogP) is 3.58. The van der Waals surface area contributed by atoms with Crippen molar-refractivity contribution < 1.29 is 0 Å². The van der Waals surface area contributed by atoms with Crippen LogP contribution in [-0.4, -0.2) is 15.6 Å². The van der Waals surface area contributed by atoms with Gasteiger partial charge in [-0.2, -0.15) is 0 Å². The lowest BCUT2D eigenvalue weighted by molar-refractivity contribution is 0.759. The Bertz CT molecular complexity index is 907. The minimum Gasteiger partial charge on any atom is -0.397 e. The van der Waals surface area contributed by atoms with Gasteiger partial charge in [-0.05, 0) is 55.2 Å². The summed E-state index contributed by atoms with van der Waals surface area (Å²) in [7, 11) is 2.06. The molecule has 0 amide bonds. The van der Waals surface area contributed by atoms with Gasteiger partial charge in [0.05, 0.1) is 11.2 Å². The number of nitrogens with zero attached hydrogens (tertiary/aromatic N) is 2. The van der Waals surface area contributed by atoms with Crippen LogP contribution in [0.3, 0.4) is 0 Å². The Labute approximate surface area is 142 Å². The van der Waals surface area contributed by atoms with Crippen LogP contribution in [0.1, 0.15) is 18.2 Å². The molecule has 0 radical (unpaired) electrons. The van der Waals surface area contributed by atoms with Crippen LogP contribution in [0.2, 0.25) is 0 Å². The van der Waals surface area contributed by atoms with Gasteiger partial charge in [-0.3, -0.25) is 4.98 Å². The maximum Gasteiger partial charge on any atom is 0.0722 e. The van der Waals surface area contributed by atoms with E-state index in [0.29, 0.717) is 0 Å². The van der Waals surface area contributed by atoms with Gasteiger partial charge in [-0.15, -0.1) is 0 Å². The molecule has 24 heavy (non-hydrogen) atoms. The highest BCUT2D eigenvalue weighted by Gasteiger charge is 2.20. The Morgan fingerprint density at radius 1 is 1.25 bits per heavy atom. The highest BCUT2D eigenvalue weighted by Crippen LogP contribution is 2.38. The average Bonchev–Trinajstić information content (AvgIpc) is 2.82. The monoisotopic (exact) mass is 320 g/mol. The molecule has 0 aliphatic rings. The van der Waals surface area contributed by atoms with Crippen molar-refractivity contribution in [3.05, 3.63) is 60.1 Å². The molecule has 0 aliphatic carbocycles. The predicted molar refractivity (Wildman–Crippen MR) is 102 cm³/mol. The van der Waals surface area contributed by atoms with Gasteiger partial charge in [0.15, 0.2) is 0 Å². The van der Waals surface area contributed by atoms with E-state index in [9.17, 15) is 0 Å². The lowest BCUT2D eigenvalue weighted by Gasteiger charge is -2.13. The van der Waals surface area contributed by atoms with Crippen LogP contribution >= 0.6 is 0 Å². The number of rotatable bonds is 4. The summed E-state index contributed by atoms with van der Waals surface area (Å²) in [5, 5.41) is 1.18. The Morgan fingerprint density at radius 2 is 1.92 bits per heavy atom. The summed E-state index contributed by atoms with van der Waals surface area (Å²) in [6.07, 6.45) is 4.37. The Hall–Kier alpha value is -2.59. The van der Waals surface area contributed by atoms with Crippen molar-refractivity contribution in [1.29, 1.82) is 0 Å². The summed E-state index contributed by atoms with van der Waals surface area (Å²) in [6.45, 7) is 8.10. The number of aromatic nitrogens is 2. The summed E-state index contributed by atoms with van der Waals surface area (Å²) < 4.78 is 2.16. The van der Waals surface area contributed by atoms with Gasteiger partial charge >= 0.3 is 0 Å². The van der Waals surface area contributed by atoms with Gasteiger partial charge in [0.25, 0.3) is 0 Å². The molecule has 0 saturated carbocycles. The Kier molecular flexibility index (Phi) is 4.16. The van der Waals surface area contributed by atoms with Crippen molar-refractivity contribution in [2.45, 2.75) is 26.3 Å². The fraction of sp³-hybridized carbons (Fsp3) is 0.250. The van der Waals surface area contributed by atoms with E-state index in [1.54, 1.807) is 0 Å². The number of fused-ring (bicyclic) bond motifs is 1. The minimum atomic E-state index is -0.0685. The van der Waals surface area contributed by atoms with Gasteiger partial charge in [0.1, 0.15) is 0 Å². The fourth-order valence-electron chi connectivity index (χ4n) is 3.24. The average molecular weight is 320 g/mol. The second-order valence-corrected chi connectivity index (χ2v) is 6.44. The van der Waals surface area contributed by atoms with Crippen molar-refractivity contribution in [3.8, 4) is 11.1 Å². The van der Waals surface area contributed by atoms with Crippen molar-refractivity contribution in [2.75, 3.05) is 5.73 Å². The van der Waals surface area contributed by atoms with E-state index in [0.717, 1.165) is 34.3 Å². The van der Waals surface area contributed by atoms with E-state index in [-0.39, 0.29) is 6.04 Å². The lowest BCUT2D eigenvalue weighted by Crippen LogP contribution is -2.23. The molecule has 0 aliphatic heterocycles. The maximum atomic E-state index is 6.29. The van der Waals surface area contributed by atoms with Crippen LogP contribution in [0.5, 0.6) is 0 Å². The first kappa shape index (κ1) is 16.3. The SMILES string of the molecule is C=C(C)C(N)Cc1c(C)n(C)c2c(N)ccc(-c3ccncc3)c12. The number of anilines is 1. The van der Waals surface area contributed by atoms with Crippen LogP contribution < -0.4 is 11.5 Å². The highest BCUT2D eigenvalue weighted by atomic mass is 15.0. The third kappa shape index (κ3) is 2.59. The van der Waals surface area contributed by atoms with Crippen molar-refractivity contribution in [2.24, 2.45) is 12.8 Å². The van der Waals surface area contributed by atoms with Crippen LogP contribution in [0, 0.1) is 6.92 Å². The number of aryl methyl sites for hydroxylation is 1. The largest absolute Gasteiger partial charge is 0.397 e. The van der Waals surface area contributed by atoms with Crippen LogP contribution in [0.4, 0.5) is 5.69 Å². The smallest absolute Gasteiger partial charge is 0.0722 e.